The Morgan fingerprint density at radius 2 is 1.93 bits per heavy atom. The number of allylic oxidation sites excluding steroid dienone is 1. The number of rotatable bonds is 5. The Hall–Kier alpha value is -5.08. The Morgan fingerprint density at radius 3 is 2.83 bits per heavy atom. The third kappa shape index (κ3) is 7.74. The summed E-state index contributed by atoms with van der Waals surface area (Å²) < 4.78 is 11.8. The van der Waals surface area contributed by atoms with E-state index in [1.807, 2.05) is 66.7 Å². The fourth-order valence-corrected chi connectivity index (χ4v) is 4.35. The van der Waals surface area contributed by atoms with E-state index in [9.17, 15) is 9.59 Å². The normalized spacial score (nSPS) is 13.9. The highest BCUT2D eigenvalue weighted by Crippen LogP contribution is 2.26. The van der Waals surface area contributed by atoms with Gasteiger partial charge in [0.25, 0.3) is 5.91 Å². The Kier molecular flexibility index (Phi) is 8.93. The molecule has 1 aliphatic heterocycles. The molecule has 41 heavy (non-hydrogen) atoms. The standard InChI is InChI=1S/C33H30N4O4/c1-2-29(38)19-23-8-6-10-26(16-23)32(39)35-27-17-24-18-28(21-27)36-33-34-13-12-31(37-33)25-9-7-11-30(20-25)41-15-5-3-4-14-40-22-24/h2-4,6-13,16-18,20-21H,1,5,14-15,19,22H2,(H,35,39)(H,34,36,37)/b4-3+. The van der Waals surface area contributed by atoms with Gasteiger partial charge in [-0.3, -0.25) is 9.59 Å². The minimum absolute atomic E-state index is 0.106. The molecule has 0 saturated heterocycles. The molecule has 0 radical (unpaired) electrons. The van der Waals surface area contributed by atoms with Crippen molar-refractivity contribution in [2.75, 3.05) is 23.8 Å². The zero-order chi connectivity index (χ0) is 28.4. The van der Waals surface area contributed by atoms with Crippen LogP contribution in [0.15, 0.2) is 104 Å². The van der Waals surface area contributed by atoms with Crippen LogP contribution in [0.25, 0.3) is 11.3 Å². The quantitative estimate of drug-likeness (QED) is 0.224. The van der Waals surface area contributed by atoms with Crippen molar-refractivity contribution in [2.45, 2.75) is 19.4 Å². The van der Waals surface area contributed by atoms with Crippen LogP contribution in [0.5, 0.6) is 5.75 Å². The topological polar surface area (TPSA) is 102 Å². The number of hydrogen-bond donors (Lipinski definition) is 2. The Labute approximate surface area is 238 Å². The minimum atomic E-state index is -0.292. The fraction of sp³-hybridized carbons (Fsp3) is 0.152. The molecule has 0 atom stereocenters. The van der Waals surface area contributed by atoms with Gasteiger partial charge >= 0.3 is 0 Å². The zero-order valence-corrected chi connectivity index (χ0v) is 22.5. The number of ketones is 1. The van der Waals surface area contributed by atoms with Gasteiger partial charge in [-0.1, -0.05) is 43.0 Å². The first-order valence-corrected chi connectivity index (χ1v) is 13.3. The molecule has 5 rings (SSSR count). The van der Waals surface area contributed by atoms with Gasteiger partial charge in [0.15, 0.2) is 5.78 Å². The second kappa shape index (κ2) is 13.3. The SMILES string of the molecule is C=CC(=O)Cc1cccc(C(=O)Nc2cc3cc(c2)Nc2nccc(n2)-c2cccc(c2)OCC/C=C/COC3)c1. The summed E-state index contributed by atoms with van der Waals surface area (Å²) in [5.41, 5.74) is 4.99. The van der Waals surface area contributed by atoms with Crippen molar-refractivity contribution in [1.29, 1.82) is 0 Å². The van der Waals surface area contributed by atoms with Crippen molar-refractivity contribution in [2.24, 2.45) is 0 Å². The molecule has 1 aliphatic rings. The highest BCUT2D eigenvalue weighted by Gasteiger charge is 2.12. The minimum Gasteiger partial charge on any atom is -0.493 e. The summed E-state index contributed by atoms with van der Waals surface area (Å²) in [4.78, 5) is 34.0. The molecule has 0 aliphatic carbocycles. The van der Waals surface area contributed by atoms with E-state index in [0.717, 1.165) is 34.6 Å². The molecule has 0 unspecified atom stereocenters. The first-order valence-electron chi connectivity index (χ1n) is 13.3. The van der Waals surface area contributed by atoms with Crippen LogP contribution in [0, 0.1) is 0 Å². The molecule has 2 N–H and O–H groups in total. The number of hydrogen-bond acceptors (Lipinski definition) is 7. The zero-order valence-electron chi connectivity index (χ0n) is 22.5. The van der Waals surface area contributed by atoms with Crippen molar-refractivity contribution < 1.29 is 19.1 Å². The second-order valence-corrected chi connectivity index (χ2v) is 9.46. The lowest BCUT2D eigenvalue weighted by atomic mass is 10.1. The van der Waals surface area contributed by atoms with E-state index in [1.165, 1.54) is 6.08 Å². The maximum Gasteiger partial charge on any atom is 0.255 e. The lowest BCUT2D eigenvalue weighted by Crippen LogP contribution is -2.13. The molecule has 6 bridgehead atoms. The number of carbonyl (C=O) groups is 2. The predicted molar refractivity (Wildman–Crippen MR) is 159 cm³/mol. The van der Waals surface area contributed by atoms with Gasteiger partial charge in [0, 0.05) is 35.1 Å². The highest BCUT2D eigenvalue weighted by molar-refractivity contribution is 6.05. The molecule has 0 saturated carbocycles. The van der Waals surface area contributed by atoms with E-state index in [4.69, 9.17) is 14.5 Å². The first kappa shape index (κ1) is 27.5. The van der Waals surface area contributed by atoms with Gasteiger partial charge in [-0.25, -0.2) is 9.97 Å². The molecule has 0 spiro atoms. The van der Waals surface area contributed by atoms with Gasteiger partial charge in [0.2, 0.25) is 5.95 Å². The summed E-state index contributed by atoms with van der Waals surface area (Å²) in [6.07, 6.45) is 7.92. The molecular formula is C33H30N4O4. The Bertz CT molecular complexity index is 1600. The van der Waals surface area contributed by atoms with Crippen LogP contribution in [-0.2, 0) is 22.6 Å². The summed E-state index contributed by atoms with van der Waals surface area (Å²) >= 11 is 0. The van der Waals surface area contributed by atoms with Gasteiger partial charge in [-0.2, -0.15) is 0 Å². The van der Waals surface area contributed by atoms with E-state index < -0.39 is 0 Å². The van der Waals surface area contributed by atoms with Crippen LogP contribution >= 0.6 is 0 Å². The molecule has 4 aromatic rings. The summed E-state index contributed by atoms with van der Waals surface area (Å²) in [5, 5.41) is 6.24. The van der Waals surface area contributed by atoms with Crippen molar-refractivity contribution in [3.8, 4) is 17.0 Å². The molecule has 1 aromatic heterocycles. The van der Waals surface area contributed by atoms with Crippen molar-refractivity contribution >= 4 is 29.0 Å². The lowest BCUT2D eigenvalue weighted by molar-refractivity contribution is -0.114. The third-order valence-corrected chi connectivity index (χ3v) is 6.29. The maximum atomic E-state index is 13.2. The number of aromatic nitrogens is 2. The van der Waals surface area contributed by atoms with Crippen LogP contribution in [-0.4, -0.2) is 34.9 Å². The number of nitrogens with zero attached hydrogens (tertiary/aromatic N) is 2. The number of amides is 1. The Morgan fingerprint density at radius 1 is 1.02 bits per heavy atom. The molecule has 3 aromatic carbocycles. The van der Waals surface area contributed by atoms with Gasteiger partial charge in [0.1, 0.15) is 5.75 Å². The molecule has 2 heterocycles. The van der Waals surface area contributed by atoms with E-state index in [-0.39, 0.29) is 18.1 Å². The molecule has 206 valence electrons. The van der Waals surface area contributed by atoms with Crippen LogP contribution in [0.2, 0.25) is 0 Å². The van der Waals surface area contributed by atoms with Crippen molar-refractivity contribution in [3.05, 3.63) is 120 Å². The van der Waals surface area contributed by atoms with Crippen LogP contribution in [0.4, 0.5) is 17.3 Å². The van der Waals surface area contributed by atoms with Crippen LogP contribution in [0.1, 0.15) is 27.9 Å². The van der Waals surface area contributed by atoms with Gasteiger partial charge in [-0.15, -0.1) is 0 Å². The van der Waals surface area contributed by atoms with Crippen molar-refractivity contribution in [3.63, 3.8) is 0 Å². The smallest absolute Gasteiger partial charge is 0.255 e. The largest absolute Gasteiger partial charge is 0.493 e. The number of benzene rings is 3. The monoisotopic (exact) mass is 546 g/mol. The van der Waals surface area contributed by atoms with Gasteiger partial charge in [-0.05, 0) is 72.2 Å². The summed E-state index contributed by atoms with van der Waals surface area (Å²) in [7, 11) is 0. The third-order valence-electron chi connectivity index (χ3n) is 6.29. The predicted octanol–water partition coefficient (Wildman–Crippen LogP) is 6.29. The summed E-state index contributed by atoms with van der Waals surface area (Å²) in [6, 6.07) is 22.3. The Balaban J connectivity index is 1.42. The number of fused-ring (bicyclic) bond motifs is 7. The van der Waals surface area contributed by atoms with Crippen LogP contribution in [0.3, 0.4) is 0 Å². The first-order chi connectivity index (χ1) is 20.1. The van der Waals surface area contributed by atoms with E-state index in [2.05, 4.69) is 22.2 Å². The van der Waals surface area contributed by atoms with Crippen molar-refractivity contribution in [1.82, 2.24) is 9.97 Å². The maximum absolute atomic E-state index is 13.2. The number of anilines is 3. The summed E-state index contributed by atoms with van der Waals surface area (Å²) in [6.45, 7) is 4.84. The van der Waals surface area contributed by atoms with Crippen LogP contribution < -0.4 is 15.4 Å². The van der Waals surface area contributed by atoms with E-state index in [0.29, 0.717) is 42.7 Å². The molecule has 0 fully saturated rings. The second-order valence-electron chi connectivity index (χ2n) is 9.46. The molecule has 1 amide bonds. The number of carbonyl (C=O) groups excluding carboxylic acids is 2. The highest BCUT2D eigenvalue weighted by atomic mass is 16.5. The average molecular weight is 547 g/mol. The lowest BCUT2D eigenvalue weighted by Gasteiger charge is -2.13. The van der Waals surface area contributed by atoms with E-state index in [1.54, 1.807) is 24.4 Å². The molecular weight excluding hydrogens is 516 g/mol. The van der Waals surface area contributed by atoms with E-state index >= 15 is 0 Å². The van der Waals surface area contributed by atoms with Gasteiger partial charge in [0.05, 0.1) is 25.5 Å². The summed E-state index contributed by atoms with van der Waals surface area (Å²) in [5.74, 6) is 0.782. The average Bonchev–Trinajstić information content (AvgIpc) is 2.98. The number of nitrogens with one attached hydrogen (secondary N) is 2. The fourth-order valence-electron chi connectivity index (χ4n) is 4.35. The molecule has 8 heteroatoms. The molecule has 8 nitrogen and oxygen atoms in total. The number of ether oxygens (including phenoxy) is 2. The van der Waals surface area contributed by atoms with Gasteiger partial charge < -0.3 is 20.1 Å².